The quantitative estimate of drug-likeness (QED) is 0.104. The number of Topliss-reactive ketones (excluding diaryl/α,β-unsaturated/α-hetero) is 1. The molecule has 7 nitrogen and oxygen atoms in total. The lowest BCUT2D eigenvalue weighted by Gasteiger charge is -2.22. The summed E-state index contributed by atoms with van der Waals surface area (Å²) < 4.78 is 5.64. The van der Waals surface area contributed by atoms with Crippen molar-refractivity contribution in [3.8, 4) is 11.3 Å². The number of pyridine rings is 1. The Hall–Kier alpha value is -4.62. The Morgan fingerprint density at radius 2 is 1.70 bits per heavy atom. The van der Waals surface area contributed by atoms with E-state index in [0.29, 0.717) is 44.9 Å². The van der Waals surface area contributed by atoms with Gasteiger partial charge >= 0.3 is 5.97 Å². The van der Waals surface area contributed by atoms with Crippen molar-refractivity contribution < 1.29 is 23.9 Å². The minimum atomic E-state index is -1.02. The molecule has 0 spiro atoms. The summed E-state index contributed by atoms with van der Waals surface area (Å²) in [6.45, 7) is 5.44. The number of fused-ring (bicyclic) bond motifs is 2. The van der Waals surface area contributed by atoms with Crippen LogP contribution in [-0.2, 0) is 14.3 Å². The Labute approximate surface area is 254 Å². The molecule has 0 N–H and O–H groups in total. The van der Waals surface area contributed by atoms with Gasteiger partial charge in [-0.15, -0.1) is 0 Å². The second-order valence-corrected chi connectivity index (χ2v) is 11.6. The normalized spacial score (nSPS) is 20.3. The first kappa shape index (κ1) is 28.5. The molecule has 0 saturated carbocycles. The van der Waals surface area contributed by atoms with E-state index >= 15 is 0 Å². The summed E-state index contributed by atoms with van der Waals surface area (Å²) >= 11 is 6.26. The Morgan fingerprint density at radius 3 is 2.40 bits per heavy atom. The molecule has 1 aromatic heterocycles. The predicted octanol–water partition coefficient (Wildman–Crippen LogP) is 6.99. The topological polar surface area (TPSA) is 93.6 Å². The van der Waals surface area contributed by atoms with Gasteiger partial charge in [-0.25, -0.2) is 9.78 Å². The molecule has 2 heterocycles. The van der Waals surface area contributed by atoms with E-state index in [1.54, 1.807) is 67.6 Å². The molecular weight excluding hydrogens is 564 g/mol. The third kappa shape index (κ3) is 5.25. The van der Waals surface area contributed by atoms with Crippen LogP contribution in [0.3, 0.4) is 0 Å². The van der Waals surface area contributed by atoms with Gasteiger partial charge in [0.25, 0.3) is 0 Å². The summed E-state index contributed by atoms with van der Waals surface area (Å²) in [5.74, 6) is -2.04. The van der Waals surface area contributed by atoms with Crippen LogP contribution >= 0.6 is 11.6 Å². The molecule has 43 heavy (non-hydrogen) atoms. The number of carbonyl (C=O) groups is 4. The minimum absolute atomic E-state index is 0.00264. The maximum atomic E-state index is 13.5. The zero-order chi connectivity index (χ0) is 30.4. The maximum Gasteiger partial charge on any atom is 0.339 e. The molecule has 0 radical (unpaired) electrons. The number of aryl methyl sites for hydroxylation is 1. The van der Waals surface area contributed by atoms with E-state index in [1.807, 2.05) is 38.1 Å². The fourth-order valence-corrected chi connectivity index (χ4v) is 6.10. The summed E-state index contributed by atoms with van der Waals surface area (Å²) in [6, 6.07) is 20.7. The van der Waals surface area contributed by atoms with Gasteiger partial charge in [-0.2, -0.15) is 0 Å². The van der Waals surface area contributed by atoms with Crippen molar-refractivity contribution in [2.75, 3.05) is 4.90 Å². The van der Waals surface area contributed by atoms with E-state index in [9.17, 15) is 19.2 Å². The number of esters is 1. The monoisotopic (exact) mass is 592 g/mol. The number of anilines is 1. The first-order chi connectivity index (χ1) is 20.6. The molecule has 1 aliphatic heterocycles. The molecule has 2 aliphatic rings. The van der Waals surface area contributed by atoms with Crippen LogP contribution in [-0.4, -0.2) is 34.7 Å². The van der Waals surface area contributed by atoms with E-state index < -0.39 is 12.1 Å². The van der Waals surface area contributed by atoms with Gasteiger partial charge in [-0.05, 0) is 62.6 Å². The number of ketones is 1. The number of benzene rings is 3. The number of rotatable bonds is 6. The van der Waals surface area contributed by atoms with Crippen LogP contribution in [0, 0.1) is 24.7 Å². The lowest BCUT2D eigenvalue weighted by atomic mass is 9.78. The summed E-state index contributed by atoms with van der Waals surface area (Å²) in [5, 5.41) is 0.917. The molecule has 4 aromatic rings. The SMILES string of the molecule is Cc1ccc(C(=O)C(C)OC(=O)c2cc(-c3ccc(N4C(=O)C5CC=CC(C)C5C4=O)cc3)nc3ccc(Cl)cc23)cc1. The molecular formula is C35H29ClN2O5. The van der Waals surface area contributed by atoms with E-state index in [4.69, 9.17) is 21.3 Å². The molecule has 1 fully saturated rings. The fourth-order valence-electron chi connectivity index (χ4n) is 5.93. The molecule has 8 heteroatoms. The second-order valence-electron chi connectivity index (χ2n) is 11.2. The smallest absolute Gasteiger partial charge is 0.339 e. The molecule has 2 amide bonds. The molecule has 6 rings (SSSR count). The number of allylic oxidation sites excluding steroid dienone is 2. The van der Waals surface area contributed by atoms with Crippen LogP contribution < -0.4 is 4.90 Å². The van der Waals surface area contributed by atoms with Crippen molar-refractivity contribution in [1.29, 1.82) is 0 Å². The van der Waals surface area contributed by atoms with Crippen LogP contribution in [0.15, 0.2) is 84.9 Å². The number of aromatic nitrogens is 1. The van der Waals surface area contributed by atoms with E-state index in [2.05, 4.69) is 0 Å². The standard InChI is InChI=1S/C35H29ClN2O5/c1-19-7-9-23(10-8-19)32(39)21(3)43-35(42)28-18-30(37-29-16-13-24(36)17-27(28)29)22-11-14-25(15-12-22)38-33(40)26-6-4-5-20(2)31(26)34(38)41/h4-5,7-18,20-21,26,31H,6H2,1-3H3. The molecule has 3 aromatic carbocycles. The van der Waals surface area contributed by atoms with E-state index in [0.717, 1.165) is 5.56 Å². The van der Waals surface area contributed by atoms with Gasteiger partial charge < -0.3 is 4.74 Å². The second kappa shape index (κ2) is 11.2. The summed E-state index contributed by atoms with van der Waals surface area (Å²) in [4.78, 5) is 58.8. The van der Waals surface area contributed by atoms with Crippen molar-refractivity contribution in [3.63, 3.8) is 0 Å². The number of hydrogen-bond donors (Lipinski definition) is 0. The van der Waals surface area contributed by atoms with Crippen molar-refractivity contribution in [2.45, 2.75) is 33.3 Å². The van der Waals surface area contributed by atoms with Gasteiger partial charge in [0, 0.05) is 21.5 Å². The Bertz CT molecular complexity index is 1810. The number of halogens is 1. The molecule has 0 bridgehead atoms. The van der Waals surface area contributed by atoms with E-state index in [-0.39, 0.29) is 40.9 Å². The number of nitrogens with zero attached hydrogens (tertiary/aromatic N) is 2. The highest BCUT2D eigenvalue weighted by Gasteiger charge is 2.50. The minimum Gasteiger partial charge on any atom is -0.451 e. The Kier molecular flexibility index (Phi) is 7.44. The zero-order valence-corrected chi connectivity index (χ0v) is 24.7. The average Bonchev–Trinajstić information content (AvgIpc) is 3.26. The van der Waals surface area contributed by atoms with Crippen LogP contribution in [0.25, 0.3) is 22.2 Å². The Balaban J connectivity index is 1.30. The van der Waals surface area contributed by atoms with Crippen molar-refractivity contribution in [2.24, 2.45) is 17.8 Å². The van der Waals surface area contributed by atoms with E-state index in [1.165, 1.54) is 4.90 Å². The molecule has 1 saturated heterocycles. The van der Waals surface area contributed by atoms with Gasteiger partial charge in [-0.3, -0.25) is 19.3 Å². The van der Waals surface area contributed by atoms with Crippen LogP contribution in [0.1, 0.15) is 46.5 Å². The summed E-state index contributed by atoms with van der Waals surface area (Å²) in [5.41, 5.74) is 3.86. The molecule has 4 atom stereocenters. The van der Waals surface area contributed by atoms with Gasteiger partial charge in [0.15, 0.2) is 6.10 Å². The van der Waals surface area contributed by atoms with Crippen molar-refractivity contribution in [1.82, 2.24) is 4.98 Å². The third-order valence-electron chi connectivity index (χ3n) is 8.27. The maximum absolute atomic E-state index is 13.5. The number of imide groups is 1. The fraction of sp³-hybridized carbons (Fsp3) is 0.229. The highest BCUT2D eigenvalue weighted by atomic mass is 35.5. The third-order valence-corrected chi connectivity index (χ3v) is 8.51. The summed E-state index contributed by atoms with van der Waals surface area (Å²) in [7, 11) is 0. The predicted molar refractivity (Wildman–Crippen MR) is 165 cm³/mol. The van der Waals surface area contributed by atoms with Gasteiger partial charge in [-0.1, -0.05) is 72.6 Å². The number of carbonyl (C=O) groups excluding carboxylic acids is 4. The largest absolute Gasteiger partial charge is 0.451 e. The van der Waals surface area contributed by atoms with Crippen LogP contribution in [0.4, 0.5) is 5.69 Å². The zero-order valence-electron chi connectivity index (χ0n) is 23.9. The number of ether oxygens (including phenoxy) is 1. The number of amides is 2. The van der Waals surface area contributed by atoms with Crippen LogP contribution in [0.2, 0.25) is 5.02 Å². The van der Waals surface area contributed by atoms with Crippen LogP contribution in [0.5, 0.6) is 0 Å². The molecule has 1 aliphatic carbocycles. The molecule has 216 valence electrons. The van der Waals surface area contributed by atoms with Gasteiger partial charge in [0.05, 0.1) is 34.3 Å². The highest BCUT2D eigenvalue weighted by Crippen LogP contribution is 2.41. The lowest BCUT2D eigenvalue weighted by molar-refractivity contribution is -0.122. The average molecular weight is 593 g/mol. The highest BCUT2D eigenvalue weighted by molar-refractivity contribution is 6.31. The molecule has 4 unspecified atom stereocenters. The first-order valence-corrected chi connectivity index (χ1v) is 14.6. The Morgan fingerprint density at radius 1 is 0.977 bits per heavy atom. The first-order valence-electron chi connectivity index (χ1n) is 14.2. The number of hydrogen-bond acceptors (Lipinski definition) is 6. The van der Waals surface area contributed by atoms with Gasteiger partial charge in [0.2, 0.25) is 17.6 Å². The van der Waals surface area contributed by atoms with Crippen molar-refractivity contribution >= 4 is 51.8 Å². The van der Waals surface area contributed by atoms with Gasteiger partial charge in [0.1, 0.15) is 0 Å². The lowest BCUT2D eigenvalue weighted by Crippen LogP contribution is -2.31. The van der Waals surface area contributed by atoms with Crippen molar-refractivity contribution in [3.05, 3.63) is 107 Å². The summed E-state index contributed by atoms with van der Waals surface area (Å²) in [6.07, 6.45) is 3.52.